The predicted molar refractivity (Wildman–Crippen MR) is 76.3 cm³/mol. The van der Waals surface area contributed by atoms with Gasteiger partial charge >= 0.3 is 0 Å². The highest BCUT2D eigenvalue weighted by atomic mass is 16.5. The van der Waals surface area contributed by atoms with Crippen LogP contribution in [0.15, 0.2) is 35.9 Å². The minimum absolute atomic E-state index is 0.0802. The SMILES string of the molecule is COc1ccc(CC(=O)NCC2=CCCCC2)cc1. The zero-order chi connectivity index (χ0) is 13.5. The highest BCUT2D eigenvalue weighted by molar-refractivity contribution is 5.78. The lowest BCUT2D eigenvalue weighted by Gasteiger charge is -2.13. The molecule has 0 saturated carbocycles. The van der Waals surface area contributed by atoms with Gasteiger partial charge in [-0.05, 0) is 43.4 Å². The Hall–Kier alpha value is -1.77. The lowest BCUT2D eigenvalue weighted by Crippen LogP contribution is -2.27. The van der Waals surface area contributed by atoms with Crippen LogP contribution in [0.25, 0.3) is 0 Å². The van der Waals surface area contributed by atoms with Crippen LogP contribution in [0.2, 0.25) is 0 Å². The number of carbonyl (C=O) groups is 1. The van der Waals surface area contributed by atoms with Crippen LogP contribution < -0.4 is 10.1 Å². The van der Waals surface area contributed by atoms with Crippen LogP contribution >= 0.6 is 0 Å². The van der Waals surface area contributed by atoms with Gasteiger partial charge in [-0.1, -0.05) is 23.8 Å². The molecule has 3 heteroatoms. The van der Waals surface area contributed by atoms with Crippen molar-refractivity contribution in [2.75, 3.05) is 13.7 Å². The molecule has 0 spiro atoms. The fourth-order valence-electron chi connectivity index (χ4n) is 2.27. The van der Waals surface area contributed by atoms with E-state index in [2.05, 4.69) is 11.4 Å². The molecule has 3 nitrogen and oxygen atoms in total. The highest BCUT2D eigenvalue weighted by Crippen LogP contribution is 2.16. The maximum Gasteiger partial charge on any atom is 0.224 e. The van der Waals surface area contributed by atoms with Crippen molar-refractivity contribution in [2.45, 2.75) is 32.1 Å². The monoisotopic (exact) mass is 259 g/mol. The summed E-state index contributed by atoms with van der Waals surface area (Å²) in [6.07, 6.45) is 7.50. The molecular formula is C16H21NO2. The summed E-state index contributed by atoms with van der Waals surface area (Å²) in [6.45, 7) is 0.703. The molecule has 2 rings (SSSR count). The van der Waals surface area contributed by atoms with Gasteiger partial charge < -0.3 is 10.1 Å². The average molecular weight is 259 g/mol. The fourth-order valence-corrected chi connectivity index (χ4v) is 2.27. The summed E-state index contributed by atoms with van der Waals surface area (Å²) in [4.78, 5) is 11.8. The van der Waals surface area contributed by atoms with Gasteiger partial charge in [0.1, 0.15) is 5.75 Å². The molecule has 19 heavy (non-hydrogen) atoms. The van der Waals surface area contributed by atoms with Crippen molar-refractivity contribution >= 4 is 5.91 Å². The Kier molecular flexibility index (Phi) is 5.01. The molecule has 0 heterocycles. The van der Waals surface area contributed by atoms with Crippen LogP contribution in [0.3, 0.4) is 0 Å². The standard InChI is InChI=1S/C16H21NO2/c1-19-15-9-7-13(8-10-15)11-16(18)17-12-14-5-3-2-4-6-14/h5,7-10H,2-4,6,11-12H2,1H3,(H,17,18). The predicted octanol–water partition coefficient (Wildman–Crippen LogP) is 2.85. The van der Waals surface area contributed by atoms with E-state index in [4.69, 9.17) is 4.74 Å². The van der Waals surface area contributed by atoms with Gasteiger partial charge in [-0.2, -0.15) is 0 Å². The molecule has 0 fully saturated rings. The van der Waals surface area contributed by atoms with Gasteiger partial charge in [0.15, 0.2) is 0 Å². The third-order valence-corrected chi connectivity index (χ3v) is 3.42. The Morgan fingerprint density at radius 1 is 1.26 bits per heavy atom. The normalized spacial score (nSPS) is 14.7. The molecule has 1 N–H and O–H groups in total. The summed E-state index contributed by atoms with van der Waals surface area (Å²) in [5.74, 6) is 0.896. The van der Waals surface area contributed by atoms with Crippen LogP contribution in [0.4, 0.5) is 0 Å². The van der Waals surface area contributed by atoms with E-state index in [0.717, 1.165) is 24.2 Å². The maximum atomic E-state index is 11.8. The molecule has 0 saturated heterocycles. The number of benzene rings is 1. The van der Waals surface area contributed by atoms with Crippen molar-refractivity contribution in [1.82, 2.24) is 5.32 Å². The van der Waals surface area contributed by atoms with Crippen LogP contribution in [-0.4, -0.2) is 19.6 Å². The maximum absolute atomic E-state index is 11.8. The number of carbonyl (C=O) groups excluding carboxylic acids is 1. The van der Waals surface area contributed by atoms with Gasteiger partial charge in [0, 0.05) is 6.54 Å². The summed E-state index contributed by atoms with van der Waals surface area (Å²) in [6, 6.07) is 7.62. The van der Waals surface area contributed by atoms with Crippen molar-refractivity contribution in [3.63, 3.8) is 0 Å². The average Bonchev–Trinajstić information content (AvgIpc) is 2.47. The zero-order valence-corrected chi connectivity index (χ0v) is 11.4. The van der Waals surface area contributed by atoms with Gasteiger partial charge in [0.05, 0.1) is 13.5 Å². The van der Waals surface area contributed by atoms with Gasteiger partial charge in [-0.25, -0.2) is 0 Å². The molecule has 0 bridgehead atoms. The topological polar surface area (TPSA) is 38.3 Å². The summed E-state index contributed by atoms with van der Waals surface area (Å²) in [5, 5.41) is 2.99. The van der Waals surface area contributed by atoms with Crippen molar-refractivity contribution in [3.05, 3.63) is 41.5 Å². The quantitative estimate of drug-likeness (QED) is 0.826. The molecule has 1 amide bonds. The first-order valence-electron chi connectivity index (χ1n) is 6.85. The van der Waals surface area contributed by atoms with Gasteiger partial charge in [0.25, 0.3) is 0 Å². The number of nitrogens with one attached hydrogen (secondary N) is 1. The number of rotatable bonds is 5. The van der Waals surface area contributed by atoms with E-state index in [-0.39, 0.29) is 5.91 Å². The van der Waals surface area contributed by atoms with E-state index >= 15 is 0 Å². The largest absolute Gasteiger partial charge is 0.497 e. The Labute approximate surface area is 114 Å². The number of amides is 1. The van der Waals surface area contributed by atoms with Crippen molar-refractivity contribution in [2.24, 2.45) is 0 Å². The van der Waals surface area contributed by atoms with E-state index in [1.54, 1.807) is 7.11 Å². The van der Waals surface area contributed by atoms with Crippen LogP contribution in [0.5, 0.6) is 5.75 Å². The first-order chi connectivity index (χ1) is 9.28. The van der Waals surface area contributed by atoms with E-state index in [9.17, 15) is 4.79 Å². The number of methoxy groups -OCH3 is 1. The Bertz CT molecular complexity index is 448. The van der Waals surface area contributed by atoms with Gasteiger partial charge in [0.2, 0.25) is 5.91 Å². The number of ether oxygens (including phenoxy) is 1. The molecule has 0 aliphatic heterocycles. The van der Waals surface area contributed by atoms with E-state index in [1.807, 2.05) is 24.3 Å². The van der Waals surface area contributed by atoms with Crippen LogP contribution in [-0.2, 0) is 11.2 Å². The lowest BCUT2D eigenvalue weighted by atomic mass is 9.99. The van der Waals surface area contributed by atoms with E-state index < -0.39 is 0 Å². The highest BCUT2D eigenvalue weighted by Gasteiger charge is 2.07. The molecule has 0 atom stereocenters. The molecule has 102 valence electrons. The molecule has 0 radical (unpaired) electrons. The van der Waals surface area contributed by atoms with E-state index in [0.29, 0.717) is 13.0 Å². The second-order valence-electron chi connectivity index (χ2n) is 4.91. The Balaban J connectivity index is 1.78. The minimum Gasteiger partial charge on any atom is -0.497 e. The molecule has 1 aliphatic rings. The number of hydrogen-bond acceptors (Lipinski definition) is 2. The molecule has 1 aromatic rings. The third-order valence-electron chi connectivity index (χ3n) is 3.42. The smallest absolute Gasteiger partial charge is 0.224 e. The van der Waals surface area contributed by atoms with Gasteiger partial charge in [-0.3, -0.25) is 4.79 Å². The molecule has 0 aromatic heterocycles. The van der Waals surface area contributed by atoms with E-state index in [1.165, 1.54) is 18.4 Å². The summed E-state index contributed by atoms with van der Waals surface area (Å²) < 4.78 is 5.09. The van der Waals surface area contributed by atoms with Gasteiger partial charge in [-0.15, -0.1) is 0 Å². The summed E-state index contributed by atoms with van der Waals surface area (Å²) in [7, 11) is 1.64. The lowest BCUT2D eigenvalue weighted by molar-refractivity contribution is -0.120. The molecule has 1 aromatic carbocycles. The van der Waals surface area contributed by atoms with Crippen molar-refractivity contribution in [1.29, 1.82) is 0 Å². The molecular weight excluding hydrogens is 238 g/mol. The first-order valence-corrected chi connectivity index (χ1v) is 6.85. The molecule has 1 aliphatic carbocycles. The zero-order valence-electron chi connectivity index (χ0n) is 11.4. The van der Waals surface area contributed by atoms with Crippen molar-refractivity contribution < 1.29 is 9.53 Å². The summed E-state index contributed by atoms with van der Waals surface area (Å²) in [5.41, 5.74) is 2.38. The summed E-state index contributed by atoms with van der Waals surface area (Å²) >= 11 is 0. The minimum atomic E-state index is 0.0802. The van der Waals surface area contributed by atoms with Crippen LogP contribution in [0.1, 0.15) is 31.2 Å². The second kappa shape index (κ2) is 6.98. The van der Waals surface area contributed by atoms with Crippen molar-refractivity contribution in [3.8, 4) is 5.75 Å². The third kappa shape index (κ3) is 4.43. The number of hydrogen-bond donors (Lipinski definition) is 1. The molecule has 0 unspecified atom stereocenters. The Morgan fingerprint density at radius 3 is 2.68 bits per heavy atom. The number of allylic oxidation sites excluding steroid dienone is 1. The Morgan fingerprint density at radius 2 is 2.05 bits per heavy atom. The second-order valence-corrected chi connectivity index (χ2v) is 4.91. The van der Waals surface area contributed by atoms with Crippen LogP contribution in [0, 0.1) is 0 Å². The fraction of sp³-hybridized carbons (Fsp3) is 0.438. The first kappa shape index (κ1) is 13.7.